The number of nitrogens with zero attached hydrogens (tertiary/aromatic N) is 3. The van der Waals surface area contributed by atoms with Crippen LogP contribution in [0, 0.1) is 5.92 Å². The zero-order valence-electron chi connectivity index (χ0n) is 25.4. The number of hydrogen-bond acceptors (Lipinski definition) is 6. The fourth-order valence-corrected chi connectivity index (χ4v) is 10.3. The molecule has 3 aromatic carbocycles. The first-order valence-corrected chi connectivity index (χ1v) is 18.3. The summed E-state index contributed by atoms with van der Waals surface area (Å²) < 4.78 is 24.2. The maximum atomic E-state index is 16.2. The molecule has 1 fully saturated rings. The van der Waals surface area contributed by atoms with E-state index in [1.165, 1.54) is 4.68 Å². The number of amides is 2. The largest absolute Gasteiger partial charge is 0.394 e. The van der Waals surface area contributed by atoms with E-state index in [0.29, 0.717) is 40.7 Å². The minimum absolute atomic E-state index is 0.121. The van der Waals surface area contributed by atoms with Gasteiger partial charge in [-0.05, 0) is 54.9 Å². The zero-order valence-corrected chi connectivity index (χ0v) is 26.4. The van der Waals surface area contributed by atoms with Crippen LogP contribution < -0.4 is 10.9 Å². The van der Waals surface area contributed by atoms with Crippen molar-refractivity contribution in [1.29, 1.82) is 0 Å². The Morgan fingerprint density at radius 3 is 2.60 bits per heavy atom. The predicted molar refractivity (Wildman–Crippen MR) is 170 cm³/mol. The molecule has 232 valence electrons. The van der Waals surface area contributed by atoms with Gasteiger partial charge in [0.2, 0.25) is 14.3 Å². The molecule has 0 radical (unpaired) electrons. The Balaban J connectivity index is 1.26. The van der Waals surface area contributed by atoms with E-state index in [2.05, 4.69) is 10.4 Å². The van der Waals surface area contributed by atoms with E-state index < -0.39 is 43.5 Å². The molecule has 9 nitrogen and oxygen atoms in total. The van der Waals surface area contributed by atoms with Crippen molar-refractivity contribution < 1.29 is 23.5 Å². The molecule has 3 aliphatic rings. The highest BCUT2D eigenvalue weighted by atomic mass is 28.4. The molecular weight excluding hydrogens is 591 g/mol. The number of anilines is 1. The van der Waals surface area contributed by atoms with E-state index in [1.807, 2.05) is 43.3 Å². The first-order chi connectivity index (χ1) is 21.5. The molecule has 0 saturated carbocycles. The summed E-state index contributed by atoms with van der Waals surface area (Å²) in [6.45, 7) is 5.14. The van der Waals surface area contributed by atoms with Gasteiger partial charge in [-0.1, -0.05) is 49.4 Å². The smallest absolute Gasteiger partial charge is 0.279 e. The summed E-state index contributed by atoms with van der Waals surface area (Å²) in [6, 6.07) is 19.7. The van der Waals surface area contributed by atoms with Crippen molar-refractivity contribution in [3.63, 3.8) is 0 Å². The molecule has 2 N–H and O–H groups in total. The van der Waals surface area contributed by atoms with Crippen LogP contribution in [0.2, 0.25) is 18.6 Å². The molecule has 1 aromatic heterocycles. The van der Waals surface area contributed by atoms with Gasteiger partial charge < -0.3 is 24.2 Å². The van der Waals surface area contributed by atoms with E-state index in [4.69, 9.17) is 4.74 Å². The van der Waals surface area contributed by atoms with Gasteiger partial charge in [0.1, 0.15) is 0 Å². The van der Waals surface area contributed by atoms with Gasteiger partial charge in [-0.2, -0.15) is 9.78 Å². The highest BCUT2D eigenvalue weighted by Gasteiger charge is 2.65. The Labute approximate surface area is 260 Å². The summed E-state index contributed by atoms with van der Waals surface area (Å²) in [7, 11) is -3.50. The average Bonchev–Trinajstić information content (AvgIpc) is 3.48. The molecule has 4 aromatic rings. The third-order valence-corrected chi connectivity index (χ3v) is 12.4. The second kappa shape index (κ2) is 10.7. The molecule has 4 heterocycles. The van der Waals surface area contributed by atoms with Crippen LogP contribution in [0.15, 0.2) is 77.7 Å². The van der Waals surface area contributed by atoms with Crippen LogP contribution in [0.1, 0.15) is 30.0 Å². The second-order valence-electron chi connectivity index (χ2n) is 12.9. The molecule has 2 amide bonds. The predicted octanol–water partition coefficient (Wildman–Crippen LogP) is 4.45. The minimum Gasteiger partial charge on any atom is -0.394 e. The number of ether oxygens (including phenoxy) is 1. The Kier molecular flexibility index (Phi) is 7.03. The van der Waals surface area contributed by atoms with Crippen molar-refractivity contribution in [1.82, 2.24) is 14.7 Å². The normalized spacial score (nSPS) is 25.8. The van der Waals surface area contributed by atoms with Crippen molar-refractivity contribution in [3.8, 4) is 5.69 Å². The first-order valence-electron chi connectivity index (χ1n) is 15.3. The van der Waals surface area contributed by atoms with Gasteiger partial charge in [-0.3, -0.25) is 14.4 Å². The number of halogens is 1. The van der Waals surface area contributed by atoms with Gasteiger partial charge >= 0.3 is 0 Å². The third kappa shape index (κ3) is 4.63. The summed E-state index contributed by atoms with van der Waals surface area (Å²) in [6.07, 6.45) is 1.16. The van der Waals surface area contributed by atoms with E-state index in [0.717, 1.165) is 11.1 Å². The first kappa shape index (κ1) is 29.5. The lowest BCUT2D eigenvalue weighted by molar-refractivity contribution is -0.149. The molecule has 1 spiro atoms. The van der Waals surface area contributed by atoms with Gasteiger partial charge in [0.25, 0.3) is 11.5 Å². The van der Waals surface area contributed by atoms with E-state index >= 15 is 4.11 Å². The van der Waals surface area contributed by atoms with Crippen molar-refractivity contribution in [2.45, 2.75) is 62.7 Å². The molecule has 0 aliphatic carbocycles. The molecule has 45 heavy (non-hydrogen) atoms. The molecular formula is C34H35FN4O5Si. The van der Waals surface area contributed by atoms with Crippen molar-refractivity contribution >= 4 is 36.7 Å². The number of hydrogen-bond donors (Lipinski definition) is 2. The van der Waals surface area contributed by atoms with E-state index in [1.54, 1.807) is 54.5 Å². The number of aliphatic hydroxyl groups excluding tert-OH is 1. The maximum absolute atomic E-state index is 16.2. The minimum atomic E-state index is -3.50. The van der Waals surface area contributed by atoms with Crippen molar-refractivity contribution in [2.24, 2.45) is 5.92 Å². The lowest BCUT2D eigenvalue weighted by atomic mass is 9.82. The molecule has 5 atom stereocenters. The average molecular weight is 627 g/mol. The molecule has 0 unspecified atom stereocenters. The maximum Gasteiger partial charge on any atom is 0.279 e. The van der Waals surface area contributed by atoms with Crippen LogP contribution in [0.3, 0.4) is 0 Å². The van der Waals surface area contributed by atoms with Gasteiger partial charge in [-0.25, -0.2) is 0 Å². The Hall–Kier alpha value is -4.19. The number of aliphatic hydroxyl groups is 1. The van der Waals surface area contributed by atoms with E-state index in [9.17, 15) is 19.5 Å². The van der Waals surface area contributed by atoms with Gasteiger partial charge in [-0.15, -0.1) is 0 Å². The topological polar surface area (TPSA) is 114 Å². The molecule has 3 aliphatic heterocycles. The molecule has 7 rings (SSSR count). The lowest BCUT2D eigenvalue weighted by Gasteiger charge is -2.37. The number of aromatic nitrogens is 2. The number of rotatable bonds is 5. The van der Waals surface area contributed by atoms with Crippen LogP contribution >= 0.6 is 0 Å². The number of carbonyl (C=O) groups excluding carboxylic acids is 2. The van der Waals surface area contributed by atoms with Crippen LogP contribution in [0.25, 0.3) is 16.5 Å². The standard InChI is InChI=1S/C34H35FN4O5Si/c1-20-31(45(2,3)35)29(16-30(41)38-18-23-10-5-4-8-21(23)14-25(38)19-40)44-34(20)27-15-24(12-13-28(27)37-33(34)43)39-32(42)26-11-7-6-9-22(26)17-36-39/h4-13,15,17,20,25,29,31,40H,14,16,18-19H2,1-3H3,(H,37,43)/t20-,25-,29+,31-,34+/m0/s1. The number of fused-ring (bicyclic) bond motifs is 4. The summed E-state index contributed by atoms with van der Waals surface area (Å²) in [4.78, 5) is 42.8. The van der Waals surface area contributed by atoms with Gasteiger partial charge in [0.15, 0.2) is 5.60 Å². The van der Waals surface area contributed by atoms with Crippen molar-refractivity contribution in [3.05, 3.63) is 100.0 Å². The highest BCUT2D eigenvalue weighted by molar-refractivity contribution is 6.72. The zero-order chi connectivity index (χ0) is 31.7. The van der Waals surface area contributed by atoms with Crippen LogP contribution in [-0.2, 0) is 32.9 Å². The second-order valence-corrected chi connectivity index (χ2v) is 16.7. The SMILES string of the molecule is C[C@H]1[C@H]([Si](C)(C)F)[C@@H](CC(=O)N2Cc3ccccc3C[C@H]2CO)O[C@]12C(=O)Nc1ccc(-n3ncc4ccccc4c3=O)cc12. The lowest BCUT2D eigenvalue weighted by Crippen LogP contribution is -2.48. The fraction of sp³-hybridized carbons (Fsp3) is 0.353. The van der Waals surface area contributed by atoms with Gasteiger partial charge in [0, 0.05) is 34.6 Å². The number of benzene rings is 3. The Morgan fingerprint density at radius 2 is 1.84 bits per heavy atom. The summed E-state index contributed by atoms with van der Waals surface area (Å²) in [5, 5.41) is 18.7. The number of nitrogens with one attached hydrogen (secondary N) is 1. The summed E-state index contributed by atoms with van der Waals surface area (Å²) >= 11 is 0. The molecule has 0 bridgehead atoms. The third-order valence-electron chi connectivity index (χ3n) is 9.90. The molecule has 11 heteroatoms. The van der Waals surface area contributed by atoms with Crippen LogP contribution in [0.4, 0.5) is 9.80 Å². The van der Waals surface area contributed by atoms with Crippen molar-refractivity contribution in [2.75, 3.05) is 11.9 Å². The Morgan fingerprint density at radius 1 is 1.11 bits per heavy atom. The highest BCUT2D eigenvalue weighted by Crippen LogP contribution is 2.59. The fourth-order valence-electron chi connectivity index (χ4n) is 7.79. The Bertz CT molecular complexity index is 1910. The van der Waals surface area contributed by atoms with Crippen LogP contribution in [-0.4, -0.2) is 58.8 Å². The molecule has 1 saturated heterocycles. The summed E-state index contributed by atoms with van der Waals surface area (Å²) in [5.74, 6) is -1.27. The summed E-state index contributed by atoms with van der Waals surface area (Å²) in [5.41, 5.74) is 1.03. The van der Waals surface area contributed by atoms with Gasteiger partial charge in [0.05, 0.1) is 42.4 Å². The monoisotopic (exact) mass is 626 g/mol. The quantitative estimate of drug-likeness (QED) is 0.250. The number of carbonyl (C=O) groups is 2. The van der Waals surface area contributed by atoms with E-state index in [-0.39, 0.29) is 24.5 Å². The van der Waals surface area contributed by atoms with Crippen LogP contribution in [0.5, 0.6) is 0 Å².